The highest BCUT2D eigenvalue weighted by molar-refractivity contribution is 5.91. The lowest BCUT2D eigenvalue weighted by Crippen LogP contribution is -2.38. The van der Waals surface area contributed by atoms with E-state index in [4.69, 9.17) is 4.74 Å². The number of benzene rings is 3. The standard InChI is InChI=1S/C27H25N3O2/c1-2-32-25-17-9-7-14-22(25)28-27(31)30-19-21-13-6-8-15-23(21)29-18-10-16-24(29)26(30)20-11-4-3-5-12-20/h3-18,26H,2,19H2,1H3,(H,28,31)/t26-/m1/s1. The Morgan fingerprint density at radius 1 is 0.938 bits per heavy atom. The van der Waals surface area contributed by atoms with E-state index in [2.05, 4.69) is 46.4 Å². The van der Waals surface area contributed by atoms with Crippen molar-refractivity contribution in [3.63, 3.8) is 0 Å². The second kappa shape index (κ2) is 8.63. The summed E-state index contributed by atoms with van der Waals surface area (Å²) in [5.41, 5.74) is 4.97. The number of hydrogen-bond acceptors (Lipinski definition) is 2. The third-order valence-electron chi connectivity index (χ3n) is 5.77. The molecule has 1 aromatic heterocycles. The van der Waals surface area contributed by atoms with Crippen molar-refractivity contribution in [2.45, 2.75) is 19.5 Å². The molecular weight excluding hydrogens is 398 g/mol. The van der Waals surface area contributed by atoms with Gasteiger partial charge in [0.05, 0.1) is 30.6 Å². The summed E-state index contributed by atoms with van der Waals surface area (Å²) in [5.74, 6) is 0.665. The minimum atomic E-state index is -0.238. The highest BCUT2D eigenvalue weighted by Gasteiger charge is 2.33. The predicted octanol–water partition coefficient (Wildman–Crippen LogP) is 6.01. The van der Waals surface area contributed by atoms with Gasteiger partial charge in [0.2, 0.25) is 0 Å². The molecule has 3 aromatic carbocycles. The van der Waals surface area contributed by atoms with Crippen LogP contribution in [0.1, 0.15) is 29.8 Å². The first-order valence-corrected chi connectivity index (χ1v) is 10.9. The highest BCUT2D eigenvalue weighted by atomic mass is 16.5. The molecule has 0 spiro atoms. The fraction of sp³-hybridized carbons (Fsp3) is 0.148. The summed E-state index contributed by atoms with van der Waals surface area (Å²) in [7, 11) is 0. The number of urea groups is 1. The van der Waals surface area contributed by atoms with Crippen LogP contribution in [0, 0.1) is 0 Å². The lowest BCUT2D eigenvalue weighted by Gasteiger charge is -2.31. The van der Waals surface area contributed by atoms with Crippen LogP contribution in [0.2, 0.25) is 0 Å². The molecule has 160 valence electrons. The van der Waals surface area contributed by atoms with Gasteiger partial charge in [0, 0.05) is 11.9 Å². The van der Waals surface area contributed by atoms with Gasteiger partial charge in [-0.05, 0) is 48.4 Å². The molecule has 5 nitrogen and oxygen atoms in total. The van der Waals surface area contributed by atoms with Gasteiger partial charge in [-0.25, -0.2) is 4.79 Å². The normalized spacial score (nSPS) is 14.8. The zero-order valence-electron chi connectivity index (χ0n) is 17.9. The topological polar surface area (TPSA) is 46.5 Å². The van der Waals surface area contributed by atoms with Gasteiger partial charge in [-0.3, -0.25) is 0 Å². The van der Waals surface area contributed by atoms with Gasteiger partial charge in [0.15, 0.2) is 0 Å². The minimum absolute atomic E-state index is 0.171. The first-order chi connectivity index (χ1) is 15.8. The zero-order chi connectivity index (χ0) is 21.9. The van der Waals surface area contributed by atoms with E-state index in [0.29, 0.717) is 24.6 Å². The monoisotopic (exact) mass is 423 g/mol. The van der Waals surface area contributed by atoms with Crippen molar-refractivity contribution < 1.29 is 9.53 Å². The van der Waals surface area contributed by atoms with Gasteiger partial charge in [-0.15, -0.1) is 0 Å². The van der Waals surface area contributed by atoms with E-state index in [1.807, 2.05) is 72.5 Å². The lowest BCUT2D eigenvalue weighted by atomic mass is 10.0. The molecule has 0 saturated carbocycles. The van der Waals surface area contributed by atoms with Crippen LogP contribution < -0.4 is 10.1 Å². The Balaban J connectivity index is 1.60. The van der Waals surface area contributed by atoms with E-state index in [-0.39, 0.29) is 12.1 Å². The van der Waals surface area contributed by atoms with Crippen molar-refractivity contribution in [1.82, 2.24) is 9.47 Å². The maximum absolute atomic E-state index is 13.8. The number of nitrogens with zero attached hydrogens (tertiary/aromatic N) is 2. The summed E-state index contributed by atoms with van der Waals surface area (Å²) < 4.78 is 7.91. The fourth-order valence-electron chi connectivity index (χ4n) is 4.36. The van der Waals surface area contributed by atoms with E-state index < -0.39 is 0 Å². The Morgan fingerprint density at radius 3 is 2.53 bits per heavy atom. The zero-order valence-corrected chi connectivity index (χ0v) is 17.9. The number of nitrogens with one attached hydrogen (secondary N) is 1. The molecule has 1 aliphatic heterocycles. The Labute approximate surface area is 187 Å². The van der Waals surface area contributed by atoms with Crippen LogP contribution in [0.3, 0.4) is 0 Å². The van der Waals surface area contributed by atoms with Crippen LogP contribution in [-0.4, -0.2) is 22.1 Å². The van der Waals surface area contributed by atoms with E-state index in [9.17, 15) is 4.79 Å². The first-order valence-electron chi connectivity index (χ1n) is 10.9. The number of anilines is 1. The first kappa shape index (κ1) is 19.9. The van der Waals surface area contributed by atoms with Gasteiger partial charge in [-0.1, -0.05) is 60.7 Å². The van der Waals surface area contributed by atoms with E-state index >= 15 is 0 Å². The molecule has 0 saturated heterocycles. The molecule has 32 heavy (non-hydrogen) atoms. The molecule has 2 amide bonds. The SMILES string of the molecule is CCOc1ccccc1NC(=O)N1Cc2ccccc2-n2cccc2[C@H]1c1ccccc1. The summed E-state index contributed by atoms with van der Waals surface area (Å²) in [4.78, 5) is 15.7. The second-order valence-electron chi connectivity index (χ2n) is 7.73. The molecule has 1 N–H and O–H groups in total. The summed E-state index contributed by atoms with van der Waals surface area (Å²) in [6.45, 7) is 2.95. The van der Waals surface area contributed by atoms with E-state index in [0.717, 1.165) is 22.5 Å². The number of carbonyl (C=O) groups is 1. The molecule has 4 aromatic rings. The smallest absolute Gasteiger partial charge is 0.323 e. The summed E-state index contributed by atoms with van der Waals surface area (Å²) >= 11 is 0. The van der Waals surface area contributed by atoms with Crippen LogP contribution in [0.15, 0.2) is 97.2 Å². The van der Waals surface area contributed by atoms with Crippen LogP contribution in [0.5, 0.6) is 5.75 Å². The third kappa shape index (κ3) is 3.62. The van der Waals surface area contributed by atoms with Crippen molar-refractivity contribution in [1.29, 1.82) is 0 Å². The van der Waals surface area contributed by atoms with Gasteiger partial charge < -0.3 is 19.5 Å². The summed E-state index contributed by atoms with van der Waals surface area (Å²) in [6.07, 6.45) is 2.07. The van der Waals surface area contributed by atoms with Gasteiger partial charge >= 0.3 is 6.03 Å². The van der Waals surface area contributed by atoms with Crippen molar-refractivity contribution in [2.24, 2.45) is 0 Å². The molecule has 1 atom stereocenters. The van der Waals surface area contributed by atoms with Crippen LogP contribution in [0.25, 0.3) is 5.69 Å². The molecule has 2 heterocycles. The van der Waals surface area contributed by atoms with Crippen LogP contribution in [0.4, 0.5) is 10.5 Å². The summed E-state index contributed by atoms with van der Waals surface area (Å²) in [5, 5.41) is 3.10. The molecule has 1 aliphatic rings. The van der Waals surface area contributed by atoms with Crippen molar-refractivity contribution in [2.75, 3.05) is 11.9 Å². The molecule has 5 rings (SSSR count). The number of rotatable bonds is 4. The number of fused-ring (bicyclic) bond motifs is 3. The van der Waals surface area contributed by atoms with Gasteiger partial charge in [0.25, 0.3) is 0 Å². The minimum Gasteiger partial charge on any atom is -0.492 e. The highest BCUT2D eigenvalue weighted by Crippen LogP contribution is 2.37. The number of para-hydroxylation sites is 3. The molecular formula is C27H25N3O2. The average Bonchev–Trinajstić information content (AvgIpc) is 3.25. The molecule has 0 radical (unpaired) electrons. The predicted molar refractivity (Wildman–Crippen MR) is 126 cm³/mol. The van der Waals surface area contributed by atoms with Crippen LogP contribution >= 0.6 is 0 Å². The average molecular weight is 424 g/mol. The van der Waals surface area contributed by atoms with E-state index in [1.165, 1.54) is 0 Å². The second-order valence-corrected chi connectivity index (χ2v) is 7.73. The maximum atomic E-state index is 13.8. The molecule has 5 heteroatoms. The Kier molecular flexibility index (Phi) is 5.38. The van der Waals surface area contributed by atoms with E-state index in [1.54, 1.807) is 0 Å². The molecule has 0 aliphatic carbocycles. The Bertz CT molecular complexity index is 1230. The molecule has 0 bridgehead atoms. The quantitative estimate of drug-likeness (QED) is 0.437. The van der Waals surface area contributed by atoms with Crippen molar-refractivity contribution in [3.8, 4) is 11.4 Å². The van der Waals surface area contributed by atoms with Gasteiger partial charge in [0.1, 0.15) is 5.75 Å². The molecule has 0 fully saturated rings. The number of aromatic nitrogens is 1. The number of hydrogen-bond donors (Lipinski definition) is 1. The summed E-state index contributed by atoms with van der Waals surface area (Å²) in [6, 6.07) is 29.7. The fourth-order valence-corrected chi connectivity index (χ4v) is 4.36. The lowest BCUT2D eigenvalue weighted by molar-refractivity contribution is 0.194. The maximum Gasteiger partial charge on any atom is 0.323 e. The number of amides is 2. The van der Waals surface area contributed by atoms with Crippen LogP contribution in [-0.2, 0) is 6.54 Å². The van der Waals surface area contributed by atoms with Crippen molar-refractivity contribution >= 4 is 11.7 Å². The van der Waals surface area contributed by atoms with Crippen molar-refractivity contribution in [3.05, 3.63) is 114 Å². The number of carbonyl (C=O) groups excluding carboxylic acids is 1. The third-order valence-corrected chi connectivity index (χ3v) is 5.77. The Morgan fingerprint density at radius 2 is 1.69 bits per heavy atom. The van der Waals surface area contributed by atoms with Gasteiger partial charge in [-0.2, -0.15) is 0 Å². The largest absolute Gasteiger partial charge is 0.492 e. The Hall–Kier alpha value is -3.99. The molecule has 0 unspecified atom stereocenters. The number of ether oxygens (including phenoxy) is 1.